The normalized spacial score (nSPS) is 10.7. The predicted molar refractivity (Wildman–Crippen MR) is 71.0 cm³/mol. The molecule has 0 spiro atoms. The summed E-state index contributed by atoms with van der Waals surface area (Å²) in [7, 11) is 0. The predicted octanol–water partition coefficient (Wildman–Crippen LogP) is 2.44. The van der Waals surface area contributed by atoms with E-state index in [0.29, 0.717) is 30.2 Å². The molecule has 0 aliphatic rings. The van der Waals surface area contributed by atoms with E-state index in [2.05, 4.69) is 5.32 Å². The summed E-state index contributed by atoms with van der Waals surface area (Å²) < 4.78 is 13.6. The number of hydrogen-bond donors (Lipinski definition) is 1. The Bertz CT molecular complexity index is 392. The number of benzene rings is 1. The van der Waals surface area contributed by atoms with Gasteiger partial charge in [0.1, 0.15) is 5.82 Å². The summed E-state index contributed by atoms with van der Waals surface area (Å²) in [5, 5.41) is 3.11. The topological polar surface area (TPSA) is 32.3 Å². The number of carbonyl (C=O) groups is 1. The van der Waals surface area contributed by atoms with Crippen molar-refractivity contribution in [1.82, 2.24) is 10.2 Å². The first-order chi connectivity index (χ1) is 8.58. The van der Waals surface area contributed by atoms with E-state index in [-0.39, 0.29) is 18.3 Å². The van der Waals surface area contributed by atoms with E-state index >= 15 is 0 Å². The zero-order chi connectivity index (χ0) is 13.5. The molecule has 1 aromatic rings. The molecule has 0 aromatic heterocycles. The van der Waals surface area contributed by atoms with Crippen LogP contribution in [0.1, 0.15) is 19.4 Å². The summed E-state index contributed by atoms with van der Waals surface area (Å²) in [4.78, 5) is 13.3. The molecule has 0 bridgehead atoms. The minimum Gasteiger partial charge on any atom is -0.355 e. The number of amides is 1. The maximum atomic E-state index is 13.6. The molecule has 0 atom stereocenters. The van der Waals surface area contributed by atoms with E-state index in [0.717, 1.165) is 0 Å². The number of nitrogens with zero attached hydrogens (tertiary/aromatic N) is 1. The minimum atomic E-state index is -0.336. The fourth-order valence-corrected chi connectivity index (χ4v) is 1.87. The van der Waals surface area contributed by atoms with Crippen molar-refractivity contribution in [3.05, 3.63) is 34.6 Å². The van der Waals surface area contributed by atoms with Crippen molar-refractivity contribution in [2.24, 2.45) is 0 Å². The van der Waals surface area contributed by atoms with Gasteiger partial charge >= 0.3 is 0 Å². The molecule has 1 N–H and O–H groups in total. The highest BCUT2D eigenvalue weighted by Gasteiger charge is 2.13. The molecule has 18 heavy (non-hydrogen) atoms. The number of rotatable bonds is 6. The van der Waals surface area contributed by atoms with Gasteiger partial charge in [-0.2, -0.15) is 0 Å². The van der Waals surface area contributed by atoms with Gasteiger partial charge in [0, 0.05) is 23.7 Å². The fourth-order valence-electron chi connectivity index (χ4n) is 1.64. The summed E-state index contributed by atoms with van der Waals surface area (Å²) in [5.41, 5.74) is 0.435. The molecule has 5 heteroatoms. The number of halogens is 2. The summed E-state index contributed by atoms with van der Waals surface area (Å²) >= 11 is 5.96. The van der Waals surface area contributed by atoms with Crippen LogP contribution in [-0.2, 0) is 11.3 Å². The Kier molecular flexibility index (Phi) is 6.09. The Morgan fingerprint density at radius 2 is 2.17 bits per heavy atom. The quantitative estimate of drug-likeness (QED) is 0.863. The zero-order valence-electron chi connectivity index (χ0n) is 10.7. The Hall–Kier alpha value is -1.13. The van der Waals surface area contributed by atoms with E-state index in [9.17, 15) is 9.18 Å². The maximum Gasteiger partial charge on any atom is 0.234 e. The molecule has 0 fully saturated rings. The van der Waals surface area contributed by atoms with Gasteiger partial charge in [-0.3, -0.25) is 9.69 Å². The third kappa shape index (κ3) is 4.27. The van der Waals surface area contributed by atoms with E-state index in [4.69, 9.17) is 11.6 Å². The zero-order valence-corrected chi connectivity index (χ0v) is 11.4. The summed E-state index contributed by atoms with van der Waals surface area (Å²) in [6, 6.07) is 4.60. The van der Waals surface area contributed by atoms with Crippen molar-refractivity contribution in [1.29, 1.82) is 0 Å². The van der Waals surface area contributed by atoms with Gasteiger partial charge < -0.3 is 5.32 Å². The van der Waals surface area contributed by atoms with E-state index in [1.54, 1.807) is 12.1 Å². The van der Waals surface area contributed by atoms with E-state index < -0.39 is 0 Å². The molecule has 0 aliphatic carbocycles. The second kappa shape index (κ2) is 7.34. The van der Waals surface area contributed by atoms with Crippen LogP contribution in [0.25, 0.3) is 0 Å². The van der Waals surface area contributed by atoms with Gasteiger partial charge in [-0.05, 0) is 25.6 Å². The van der Waals surface area contributed by atoms with Crippen molar-refractivity contribution >= 4 is 17.5 Å². The molecule has 0 saturated heterocycles. The molecule has 0 unspecified atom stereocenters. The van der Waals surface area contributed by atoms with Crippen LogP contribution in [0.2, 0.25) is 5.02 Å². The lowest BCUT2D eigenvalue weighted by Crippen LogP contribution is -2.36. The maximum absolute atomic E-state index is 13.6. The van der Waals surface area contributed by atoms with Crippen LogP contribution in [0.15, 0.2) is 18.2 Å². The smallest absolute Gasteiger partial charge is 0.234 e. The van der Waals surface area contributed by atoms with Crippen molar-refractivity contribution in [3.8, 4) is 0 Å². The highest BCUT2D eigenvalue weighted by Crippen LogP contribution is 2.20. The monoisotopic (exact) mass is 272 g/mol. The van der Waals surface area contributed by atoms with E-state index in [1.165, 1.54) is 6.07 Å². The molecule has 0 radical (unpaired) electrons. The first kappa shape index (κ1) is 14.9. The van der Waals surface area contributed by atoms with Gasteiger partial charge in [0.2, 0.25) is 5.91 Å². The molecular weight excluding hydrogens is 255 g/mol. The van der Waals surface area contributed by atoms with E-state index in [1.807, 2.05) is 18.7 Å². The molecule has 1 amide bonds. The second-order valence-corrected chi connectivity index (χ2v) is 4.36. The summed E-state index contributed by atoms with van der Waals surface area (Å²) in [5.74, 6) is -0.399. The van der Waals surface area contributed by atoms with Crippen LogP contribution in [0, 0.1) is 5.82 Å². The Labute approximate surface area is 112 Å². The van der Waals surface area contributed by atoms with Gasteiger partial charge in [0.05, 0.1) is 6.54 Å². The van der Waals surface area contributed by atoms with Gasteiger partial charge in [0.15, 0.2) is 0 Å². The van der Waals surface area contributed by atoms with Crippen LogP contribution < -0.4 is 5.32 Å². The number of nitrogens with one attached hydrogen (secondary N) is 1. The first-order valence-corrected chi connectivity index (χ1v) is 6.38. The lowest BCUT2D eigenvalue weighted by atomic mass is 10.2. The van der Waals surface area contributed by atoms with Gasteiger partial charge in [-0.1, -0.05) is 24.6 Å². The van der Waals surface area contributed by atoms with Crippen molar-refractivity contribution in [2.75, 3.05) is 19.6 Å². The van der Waals surface area contributed by atoms with Gasteiger partial charge in [-0.15, -0.1) is 0 Å². The SMILES string of the molecule is CCNC(=O)CN(CC)Cc1c(F)cccc1Cl. The molecule has 0 heterocycles. The Balaban J connectivity index is 2.71. The average Bonchev–Trinajstić information content (AvgIpc) is 2.33. The highest BCUT2D eigenvalue weighted by atomic mass is 35.5. The summed E-state index contributed by atoms with van der Waals surface area (Å²) in [6.07, 6.45) is 0. The fraction of sp³-hybridized carbons (Fsp3) is 0.462. The highest BCUT2D eigenvalue weighted by molar-refractivity contribution is 6.31. The van der Waals surface area contributed by atoms with Crippen LogP contribution in [0.5, 0.6) is 0 Å². The molecule has 0 saturated carbocycles. The lowest BCUT2D eigenvalue weighted by Gasteiger charge is -2.20. The molecule has 1 rings (SSSR count). The molecule has 100 valence electrons. The Morgan fingerprint density at radius 3 is 2.72 bits per heavy atom. The van der Waals surface area contributed by atoms with Crippen molar-refractivity contribution in [2.45, 2.75) is 20.4 Å². The lowest BCUT2D eigenvalue weighted by molar-refractivity contribution is -0.122. The largest absolute Gasteiger partial charge is 0.355 e. The number of hydrogen-bond acceptors (Lipinski definition) is 2. The van der Waals surface area contributed by atoms with Gasteiger partial charge in [-0.25, -0.2) is 4.39 Å². The molecular formula is C13H18ClFN2O. The third-order valence-electron chi connectivity index (χ3n) is 2.63. The summed E-state index contributed by atoms with van der Waals surface area (Å²) in [6.45, 7) is 5.61. The minimum absolute atomic E-state index is 0.0631. The average molecular weight is 273 g/mol. The van der Waals surface area contributed by atoms with Crippen LogP contribution in [0.4, 0.5) is 4.39 Å². The second-order valence-electron chi connectivity index (χ2n) is 3.96. The standard InChI is InChI=1S/C13H18ClFN2O/c1-3-16-13(18)9-17(4-2)8-10-11(14)6-5-7-12(10)15/h5-7H,3-4,8-9H2,1-2H3,(H,16,18). The first-order valence-electron chi connectivity index (χ1n) is 6.00. The number of likely N-dealkylation sites (N-methyl/N-ethyl adjacent to an activating group) is 2. The molecule has 3 nitrogen and oxygen atoms in total. The molecule has 0 aliphatic heterocycles. The van der Waals surface area contributed by atoms with Gasteiger partial charge in [0.25, 0.3) is 0 Å². The van der Waals surface area contributed by atoms with Crippen molar-refractivity contribution < 1.29 is 9.18 Å². The third-order valence-corrected chi connectivity index (χ3v) is 2.99. The van der Waals surface area contributed by atoms with Crippen LogP contribution in [0.3, 0.4) is 0 Å². The Morgan fingerprint density at radius 1 is 1.44 bits per heavy atom. The number of carbonyl (C=O) groups excluding carboxylic acids is 1. The molecule has 1 aromatic carbocycles. The van der Waals surface area contributed by atoms with Crippen LogP contribution in [-0.4, -0.2) is 30.4 Å². The van der Waals surface area contributed by atoms with Crippen LogP contribution >= 0.6 is 11.6 Å². The van der Waals surface area contributed by atoms with Crippen molar-refractivity contribution in [3.63, 3.8) is 0 Å².